The van der Waals surface area contributed by atoms with E-state index in [4.69, 9.17) is 16.3 Å². The molecule has 0 saturated carbocycles. The van der Waals surface area contributed by atoms with Gasteiger partial charge in [-0.05, 0) is 36.8 Å². The fraction of sp³-hybridized carbons (Fsp3) is 0.364. The van der Waals surface area contributed by atoms with Gasteiger partial charge in [0.2, 0.25) is 5.91 Å². The molecule has 2 aromatic rings. The molecule has 6 nitrogen and oxygen atoms in total. The first-order chi connectivity index (χ1) is 14.0. The zero-order valence-electron chi connectivity index (χ0n) is 16.5. The molecule has 1 unspecified atom stereocenters. The summed E-state index contributed by atoms with van der Waals surface area (Å²) in [5.41, 5.74) is 1.07. The van der Waals surface area contributed by atoms with Crippen LogP contribution in [0.25, 0.3) is 0 Å². The van der Waals surface area contributed by atoms with E-state index in [1.807, 2.05) is 30.3 Å². The van der Waals surface area contributed by atoms with E-state index in [-0.39, 0.29) is 11.8 Å². The maximum atomic E-state index is 12.6. The summed E-state index contributed by atoms with van der Waals surface area (Å²) < 4.78 is 5.72. The van der Waals surface area contributed by atoms with Crippen molar-refractivity contribution in [2.24, 2.45) is 0 Å². The van der Waals surface area contributed by atoms with Crippen molar-refractivity contribution in [3.05, 3.63) is 65.2 Å². The number of amides is 2. The van der Waals surface area contributed by atoms with Crippen LogP contribution < -0.4 is 10.1 Å². The molecule has 0 aliphatic carbocycles. The molecule has 154 valence electrons. The number of carbonyl (C=O) groups excluding carboxylic acids is 2. The number of ether oxygens (including phenoxy) is 1. The molecular weight excluding hydrogens is 390 g/mol. The minimum absolute atomic E-state index is 0.00642. The predicted molar refractivity (Wildman–Crippen MR) is 113 cm³/mol. The largest absolute Gasteiger partial charge is 0.481 e. The molecule has 1 aliphatic rings. The van der Waals surface area contributed by atoms with Crippen LogP contribution in [0.1, 0.15) is 12.5 Å². The minimum Gasteiger partial charge on any atom is -0.481 e. The Labute approximate surface area is 176 Å². The van der Waals surface area contributed by atoms with Crippen LogP contribution in [-0.4, -0.2) is 60.4 Å². The van der Waals surface area contributed by atoms with Crippen molar-refractivity contribution in [2.45, 2.75) is 19.6 Å². The molecule has 29 heavy (non-hydrogen) atoms. The Morgan fingerprint density at radius 2 is 1.69 bits per heavy atom. The highest BCUT2D eigenvalue weighted by Gasteiger charge is 2.26. The van der Waals surface area contributed by atoms with Gasteiger partial charge < -0.3 is 15.0 Å². The van der Waals surface area contributed by atoms with Crippen molar-refractivity contribution in [3.8, 4) is 5.75 Å². The maximum Gasteiger partial charge on any atom is 0.263 e. The zero-order chi connectivity index (χ0) is 20.6. The molecule has 2 aromatic carbocycles. The molecule has 1 aliphatic heterocycles. The molecule has 1 saturated heterocycles. The highest BCUT2D eigenvalue weighted by molar-refractivity contribution is 6.30. The fourth-order valence-electron chi connectivity index (χ4n) is 3.21. The van der Waals surface area contributed by atoms with Crippen LogP contribution in [0.3, 0.4) is 0 Å². The van der Waals surface area contributed by atoms with Gasteiger partial charge in [0.15, 0.2) is 6.10 Å². The number of piperazine rings is 1. The lowest BCUT2D eigenvalue weighted by Crippen LogP contribution is -2.53. The fourth-order valence-corrected chi connectivity index (χ4v) is 3.33. The average molecular weight is 416 g/mol. The van der Waals surface area contributed by atoms with Crippen molar-refractivity contribution in [3.63, 3.8) is 0 Å². The minimum atomic E-state index is -0.572. The van der Waals surface area contributed by atoms with E-state index in [0.29, 0.717) is 50.0 Å². The molecular formula is C22H26ClN3O3. The molecule has 1 heterocycles. The number of benzene rings is 2. The quantitative estimate of drug-likeness (QED) is 0.755. The Morgan fingerprint density at radius 1 is 1.03 bits per heavy atom. The van der Waals surface area contributed by atoms with Crippen LogP contribution in [0.2, 0.25) is 5.02 Å². The lowest BCUT2D eigenvalue weighted by molar-refractivity contribution is -0.139. The first kappa shape index (κ1) is 21.1. The zero-order valence-corrected chi connectivity index (χ0v) is 17.3. The Bertz CT molecular complexity index is 806. The molecule has 1 N–H and O–H groups in total. The Morgan fingerprint density at radius 3 is 2.34 bits per heavy atom. The van der Waals surface area contributed by atoms with Crippen molar-refractivity contribution in [1.29, 1.82) is 0 Å². The smallest absolute Gasteiger partial charge is 0.263 e. The summed E-state index contributed by atoms with van der Waals surface area (Å²) in [5.74, 6) is 0.560. The van der Waals surface area contributed by atoms with E-state index in [1.165, 1.54) is 0 Å². The van der Waals surface area contributed by atoms with Crippen molar-refractivity contribution in [2.75, 3.05) is 32.7 Å². The van der Waals surface area contributed by atoms with E-state index in [9.17, 15) is 9.59 Å². The normalized spacial score (nSPS) is 15.6. The van der Waals surface area contributed by atoms with Gasteiger partial charge in [0.25, 0.3) is 5.91 Å². The number of nitrogens with one attached hydrogen (secondary N) is 1. The van der Waals surface area contributed by atoms with E-state index in [2.05, 4.69) is 10.2 Å². The van der Waals surface area contributed by atoms with Crippen LogP contribution in [0, 0.1) is 0 Å². The molecule has 1 atom stereocenters. The van der Waals surface area contributed by atoms with Gasteiger partial charge in [-0.1, -0.05) is 41.9 Å². The van der Waals surface area contributed by atoms with Crippen LogP contribution in [0.5, 0.6) is 5.75 Å². The summed E-state index contributed by atoms with van der Waals surface area (Å²) in [5, 5.41) is 3.56. The van der Waals surface area contributed by atoms with Gasteiger partial charge in [0.05, 0.1) is 6.54 Å². The molecule has 0 aromatic heterocycles. The van der Waals surface area contributed by atoms with Crippen LogP contribution in [-0.2, 0) is 16.1 Å². The van der Waals surface area contributed by atoms with Crippen LogP contribution in [0.4, 0.5) is 0 Å². The summed E-state index contributed by atoms with van der Waals surface area (Å²) in [6.07, 6.45) is -0.572. The van der Waals surface area contributed by atoms with E-state index in [1.54, 1.807) is 36.1 Å². The predicted octanol–water partition coefficient (Wildman–Crippen LogP) is 2.57. The summed E-state index contributed by atoms with van der Waals surface area (Å²) in [4.78, 5) is 28.7. The van der Waals surface area contributed by atoms with Gasteiger partial charge in [-0.3, -0.25) is 14.5 Å². The first-order valence-electron chi connectivity index (χ1n) is 9.75. The third kappa shape index (κ3) is 6.48. The van der Waals surface area contributed by atoms with Gasteiger partial charge in [-0.25, -0.2) is 0 Å². The number of rotatable bonds is 7. The Kier molecular flexibility index (Phi) is 7.49. The Balaban J connectivity index is 1.39. The second-order valence-corrected chi connectivity index (χ2v) is 7.51. The second kappa shape index (κ2) is 10.3. The molecule has 0 bridgehead atoms. The molecule has 3 rings (SSSR count). The standard InChI is InChI=1S/C22H26ClN3O3/c1-17(29-20-9-7-19(23)8-10-20)22(28)26-13-11-25(12-14-26)16-21(27)24-15-18-5-3-2-4-6-18/h2-10,17H,11-16H2,1H3,(H,24,27). The molecule has 0 spiro atoms. The first-order valence-corrected chi connectivity index (χ1v) is 10.1. The van der Waals surface area contributed by atoms with Gasteiger partial charge >= 0.3 is 0 Å². The monoisotopic (exact) mass is 415 g/mol. The van der Waals surface area contributed by atoms with Crippen molar-refractivity contribution >= 4 is 23.4 Å². The lowest BCUT2D eigenvalue weighted by Gasteiger charge is -2.35. The van der Waals surface area contributed by atoms with Crippen LogP contribution in [0.15, 0.2) is 54.6 Å². The average Bonchev–Trinajstić information content (AvgIpc) is 2.74. The number of nitrogens with zero attached hydrogens (tertiary/aromatic N) is 2. The topological polar surface area (TPSA) is 61.9 Å². The van der Waals surface area contributed by atoms with Gasteiger partial charge in [0, 0.05) is 37.7 Å². The SMILES string of the molecule is CC(Oc1ccc(Cl)cc1)C(=O)N1CCN(CC(=O)NCc2ccccc2)CC1. The summed E-state index contributed by atoms with van der Waals surface area (Å²) in [6, 6.07) is 16.8. The van der Waals surface area contributed by atoms with Gasteiger partial charge in [-0.15, -0.1) is 0 Å². The van der Waals surface area contributed by atoms with Crippen molar-refractivity contribution in [1.82, 2.24) is 15.1 Å². The molecule has 1 fully saturated rings. The third-order valence-electron chi connectivity index (χ3n) is 4.86. The summed E-state index contributed by atoms with van der Waals surface area (Å²) >= 11 is 5.87. The number of halogens is 1. The van der Waals surface area contributed by atoms with Gasteiger partial charge in [-0.2, -0.15) is 0 Å². The number of carbonyl (C=O) groups is 2. The lowest BCUT2D eigenvalue weighted by atomic mass is 10.2. The highest BCUT2D eigenvalue weighted by atomic mass is 35.5. The number of hydrogen-bond donors (Lipinski definition) is 1. The van der Waals surface area contributed by atoms with Crippen molar-refractivity contribution < 1.29 is 14.3 Å². The Hall–Kier alpha value is -2.57. The molecule has 7 heteroatoms. The number of hydrogen-bond acceptors (Lipinski definition) is 4. The highest BCUT2D eigenvalue weighted by Crippen LogP contribution is 2.17. The van der Waals surface area contributed by atoms with Crippen LogP contribution >= 0.6 is 11.6 Å². The van der Waals surface area contributed by atoms with E-state index in [0.717, 1.165) is 5.56 Å². The van der Waals surface area contributed by atoms with E-state index >= 15 is 0 Å². The van der Waals surface area contributed by atoms with Gasteiger partial charge in [0.1, 0.15) is 5.75 Å². The van der Waals surface area contributed by atoms with E-state index < -0.39 is 6.10 Å². The third-order valence-corrected chi connectivity index (χ3v) is 5.11. The second-order valence-electron chi connectivity index (χ2n) is 7.08. The molecule has 2 amide bonds. The molecule has 0 radical (unpaired) electrons. The maximum absolute atomic E-state index is 12.6. The summed E-state index contributed by atoms with van der Waals surface area (Å²) in [7, 11) is 0. The summed E-state index contributed by atoms with van der Waals surface area (Å²) in [6.45, 7) is 5.11.